The molecule has 1 unspecified atom stereocenters. The van der Waals surface area contributed by atoms with Gasteiger partial charge < -0.3 is 5.73 Å². The topological polar surface area (TPSA) is 26.0 Å². The molecule has 0 amide bonds. The van der Waals surface area contributed by atoms with Crippen LogP contribution in [0.1, 0.15) is 37.3 Å². The van der Waals surface area contributed by atoms with E-state index in [1.807, 2.05) is 0 Å². The third kappa shape index (κ3) is 2.53. The summed E-state index contributed by atoms with van der Waals surface area (Å²) < 4.78 is 13.7. The average molecular weight is 284 g/mol. The first-order chi connectivity index (χ1) is 7.68. The van der Waals surface area contributed by atoms with E-state index in [0.717, 1.165) is 22.9 Å². The Morgan fingerprint density at radius 2 is 2.12 bits per heavy atom. The highest BCUT2D eigenvalue weighted by Crippen LogP contribution is 2.32. The van der Waals surface area contributed by atoms with Crippen LogP contribution in [-0.4, -0.2) is 0 Å². The van der Waals surface area contributed by atoms with Gasteiger partial charge in [-0.2, -0.15) is 0 Å². The van der Waals surface area contributed by atoms with Crippen LogP contribution in [0, 0.1) is 5.82 Å². The minimum Gasteiger partial charge on any atom is -0.321 e. The van der Waals surface area contributed by atoms with Crippen molar-refractivity contribution in [2.24, 2.45) is 5.73 Å². The number of hydrogen-bond donors (Lipinski definition) is 1. The number of allylic oxidation sites excluding steroid dienone is 1. The molecule has 1 aromatic carbocycles. The van der Waals surface area contributed by atoms with E-state index in [1.54, 1.807) is 6.07 Å². The minimum absolute atomic E-state index is 0.102. The molecule has 3 heteroatoms. The standard InChI is InChI=1S/C13H15BrFN/c14-12-8-10(15)6-7-11(12)13(16)9-4-2-1-3-5-9/h4,6-8,13H,1-3,5,16H2. The molecule has 0 radical (unpaired) electrons. The van der Waals surface area contributed by atoms with Gasteiger partial charge in [0.2, 0.25) is 0 Å². The van der Waals surface area contributed by atoms with Gasteiger partial charge in [-0.25, -0.2) is 4.39 Å². The van der Waals surface area contributed by atoms with E-state index in [2.05, 4.69) is 22.0 Å². The largest absolute Gasteiger partial charge is 0.321 e. The molecule has 0 saturated carbocycles. The molecule has 1 nitrogen and oxygen atoms in total. The maximum atomic E-state index is 13.0. The maximum absolute atomic E-state index is 13.0. The van der Waals surface area contributed by atoms with Gasteiger partial charge in [0.25, 0.3) is 0 Å². The fraction of sp³-hybridized carbons (Fsp3) is 0.385. The highest BCUT2D eigenvalue weighted by atomic mass is 79.9. The zero-order valence-corrected chi connectivity index (χ0v) is 10.6. The van der Waals surface area contributed by atoms with Crippen molar-refractivity contribution in [2.75, 3.05) is 0 Å². The van der Waals surface area contributed by atoms with Crippen LogP contribution < -0.4 is 5.73 Å². The summed E-state index contributed by atoms with van der Waals surface area (Å²) in [5, 5.41) is 0. The fourth-order valence-electron chi connectivity index (χ4n) is 2.10. The summed E-state index contributed by atoms with van der Waals surface area (Å²) in [4.78, 5) is 0. The summed E-state index contributed by atoms with van der Waals surface area (Å²) in [5.74, 6) is -0.236. The average Bonchev–Trinajstić information content (AvgIpc) is 2.29. The van der Waals surface area contributed by atoms with Gasteiger partial charge in [0.15, 0.2) is 0 Å². The number of hydrogen-bond acceptors (Lipinski definition) is 1. The molecule has 2 rings (SSSR count). The molecule has 86 valence electrons. The molecule has 1 aliphatic carbocycles. The van der Waals surface area contributed by atoms with Crippen LogP contribution in [-0.2, 0) is 0 Å². The van der Waals surface area contributed by atoms with Crippen LogP contribution in [0.5, 0.6) is 0 Å². The number of nitrogens with two attached hydrogens (primary N) is 1. The Labute approximate surface area is 104 Å². The third-order valence-electron chi connectivity index (χ3n) is 3.02. The molecule has 1 aliphatic rings. The Morgan fingerprint density at radius 3 is 2.75 bits per heavy atom. The van der Waals surface area contributed by atoms with Gasteiger partial charge in [0.05, 0.1) is 6.04 Å². The van der Waals surface area contributed by atoms with E-state index in [9.17, 15) is 4.39 Å². The van der Waals surface area contributed by atoms with Crippen molar-refractivity contribution in [1.29, 1.82) is 0 Å². The molecule has 0 saturated heterocycles. The Bertz CT molecular complexity index is 414. The Kier molecular flexibility index (Phi) is 3.77. The van der Waals surface area contributed by atoms with Crippen molar-refractivity contribution in [3.63, 3.8) is 0 Å². The lowest BCUT2D eigenvalue weighted by Crippen LogP contribution is -2.15. The smallest absolute Gasteiger partial charge is 0.124 e. The molecule has 0 aromatic heterocycles. The lowest BCUT2D eigenvalue weighted by molar-refractivity contribution is 0.621. The second kappa shape index (κ2) is 5.11. The third-order valence-corrected chi connectivity index (χ3v) is 3.71. The molecule has 1 aromatic rings. The molecule has 0 bridgehead atoms. The molecular weight excluding hydrogens is 269 g/mol. The summed E-state index contributed by atoms with van der Waals surface area (Å²) in [6, 6.07) is 4.59. The van der Waals surface area contributed by atoms with Crippen LogP contribution in [0.2, 0.25) is 0 Å². The molecular formula is C13H15BrFN. The first kappa shape index (κ1) is 11.8. The summed E-state index contributed by atoms with van der Waals surface area (Å²) in [6.45, 7) is 0. The van der Waals surface area contributed by atoms with E-state index >= 15 is 0 Å². The second-order valence-corrected chi connectivity index (χ2v) is 5.02. The predicted octanol–water partition coefficient (Wildman–Crippen LogP) is 4.09. The molecule has 0 spiro atoms. The van der Waals surface area contributed by atoms with Crippen molar-refractivity contribution >= 4 is 15.9 Å². The first-order valence-corrected chi connectivity index (χ1v) is 6.37. The molecule has 0 aliphatic heterocycles. The lowest BCUT2D eigenvalue weighted by Gasteiger charge is -2.21. The summed E-state index contributed by atoms with van der Waals surface area (Å²) in [6.07, 6.45) is 6.86. The van der Waals surface area contributed by atoms with Crippen molar-refractivity contribution in [3.05, 3.63) is 45.7 Å². The van der Waals surface area contributed by atoms with Crippen molar-refractivity contribution < 1.29 is 4.39 Å². The Hall–Kier alpha value is -0.670. The van der Waals surface area contributed by atoms with Gasteiger partial charge in [0, 0.05) is 4.47 Å². The van der Waals surface area contributed by atoms with Crippen LogP contribution in [0.4, 0.5) is 4.39 Å². The molecule has 0 fully saturated rings. The van der Waals surface area contributed by atoms with Gasteiger partial charge in [-0.3, -0.25) is 0 Å². The Morgan fingerprint density at radius 1 is 1.31 bits per heavy atom. The van der Waals surface area contributed by atoms with E-state index in [-0.39, 0.29) is 11.9 Å². The highest BCUT2D eigenvalue weighted by Gasteiger charge is 2.16. The van der Waals surface area contributed by atoms with Crippen LogP contribution >= 0.6 is 15.9 Å². The normalized spacial score (nSPS) is 18.1. The number of halogens is 2. The number of benzene rings is 1. The van der Waals surface area contributed by atoms with E-state index in [0.29, 0.717) is 0 Å². The first-order valence-electron chi connectivity index (χ1n) is 5.58. The van der Waals surface area contributed by atoms with Crippen molar-refractivity contribution in [1.82, 2.24) is 0 Å². The van der Waals surface area contributed by atoms with Crippen molar-refractivity contribution in [2.45, 2.75) is 31.7 Å². The van der Waals surface area contributed by atoms with Gasteiger partial charge in [-0.1, -0.05) is 33.6 Å². The van der Waals surface area contributed by atoms with Gasteiger partial charge >= 0.3 is 0 Å². The zero-order chi connectivity index (χ0) is 11.5. The summed E-state index contributed by atoms with van der Waals surface area (Å²) in [7, 11) is 0. The molecule has 1 atom stereocenters. The molecule has 16 heavy (non-hydrogen) atoms. The quantitative estimate of drug-likeness (QED) is 0.813. The van der Waals surface area contributed by atoms with Crippen LogP contribution in [0.25, 0.3) is 0 Å². The summed E-state index contributed by atoms with van der Waals surface area (Å²) in [5.41, 5.74) is 8.44. The van der Waals surface area contributed by atoms with Crippen LogP contribution in [0.15, 0.2) is 34.3 Å². The monoisotopic (exact) mass is 283 g/mol. The van der Waals surface area contributed by atoms with E-state index in [4.69, 9.17) is 5.73 Å². The highest BCUT2D eigenvalue weighted by molar-refractivity contribution is 9.10. The second-order valence-electron chi connectivity index (χ2n) is 4.17. The fourth-order valence-corrected chi connectivity index (χ4v) is 2.70. The Balaban J connectivity index is 2.26. The summed E-state index contributed by atoms with van der Waals surface area (Å²) >= 11 is 3.37. The van der Waals surface area contributed by atoms with Gasteiger partial charge in [-0.05, 0) is 43.4 Å². The SMILES string of the molecule is NC(C1=CCCCC1)c1ccc(F)cc1Br. The van der Waals surface area contributed by atoms with Gasteiger partial charge in [0.1, 0.15) is 5.82 Å². The predicted molar refractivity (Wildman–Crippen MR) is 67.6 cm³/mol. The maximum Gasteiger partial charge on any atom is 0.124 e. The van der Waals surface area contributed by atoms with Crippen molar-refractivity contribution in [3.8, 4) is 0 Å². The molecule has 2 N–H and O–H groups in total. The van der Waals surface area contributed by atoms with Gasteiger partial charge in [-0.15, -0.1) is 0 Å². The molecule has 0 heterocycles. The zero-order valence-electron chi connectivity index (χ0n) is 9.05. The number of rotatable bonds is 2. The van der Waals surface area contributed by atoms with E-state index < -0.39 is 0 Å². The van der Waals surface area contributed by atoms with Crippen LogP contribution in [0.3, 0.4) is 0 Å². The minimum atomic E-state index is -0.236. The lowest BCUT2D eigenvalue weighted by atomic mass is 9.90. The van der Waals surface area contributed by atoms with E-state index in [1.165, 1.54) is 30.5 Å².